The average molecular weight is 185 g/mol. The Bertz CT molecular complexity index is 408. The van der Waals surface area contributed by atoms with Gasteiger partial charge in [0.1, 0.15) is 0 Å². The Morgan fingerprint density at radius 1 is 1.21 bits per heavy atom. The van der Waals surface area contributed by atoms with E-state index in [1.165, 1.54) is 16.8 Å². The Morgan fingerprint density at radius 2 is 2.14 bits per heavy atom. The maximum Gasteiger partial charge on any atom is 0.0955 e. The summed E-state index contributed by atoms with van der Waals surface area (Å²) in [6.45, 7) is 0. The number of anilines is 1. The van der Waals surface area contributed by atoms with Crippen LogP contribution >= 0.6 is 0 Å². The first kappa shape index (κ1) is 7.68. The van der Waals surface area contributed by atoms with E-state index in [0.717, 1.165) is 6.42 Å². The lowest BCUT2D eigenvalue weighted by molar-refractivity contribution is 0.561. The molecule has 0 aliphatic carbocycles. The van der Waals surface area contributed by atoms with Crippen LogP contribution in [0.15, 0.2) is 47.3 Å². The summed E-state index contributed by atoms with van der Waals surface area (Å²) in [4.78, 5) is 0. The molecule has 0 bridgehead atoms. The third-order valence-electron chi connectivity index (χ3n) is 2.72. The van der Waals surface area contributed by atoms with Gasteiger partial charge in [-0.05, 0) is 24.1 Å². The Kier molecular flexibility index (Phi) is 1.60. The molecule has 1 aliphatic heterocycles. The molecule has 1 aliphatic rings. The van der Waals surface area contributed by atoms with E-state index in [1.807, 2.05) is 12.3 Å². The molecular formula is C12H11NO. The van der Waals surface area contributed by atoms with Crippen LogP contribution < -0.4 is 5.32 Å². The molecule has 0 radical (unpaired) electrons. The molecule has 14 heavy (non-hydrogen) atoms. The molecule has 0 amide bonds. The van der Waals surface area contributed by atoms with Crippen LogP contribution in [0, 0.1) is 0 Å². The number of hydrogen-bond acceptors (Lipinski definition) is 2. The first-order valence-corrected chi connectivity index (χ1v) is 4.80. The number of rotatable bonds is 1. The molecule has 0 spiro atoms. The molecule has 1 atom stereocenters. The number of benzene rings is 1. The normalized spacial score (nSPS) is 19.0. The predicted octanol–water partition coefficient (Wildman–Crippen LogP) is 2.99. The summed E-state index contributed by atoms with van der Waals surface area (Å²) in [5, 5.41) is 3.48. The summed E-state index contributed by atoms with van der Waals surface area (Å²) in [5.74, 6) is 0. The van der Waals surface area contributed by atoms with E-state index in [-0.39, 0.29) is 0 Å². The molecule has 1 aromatic heterocycles. The number of nitrogens with one attached hydrogen (secondary N) is 1. The third-order valence-corrected chi connectivity index (χ3v) is 2.72. The molecule has 2 heterocycles. The van der Waals surface area contributed by atoms with Gasteiger partial charge in [-0.3, -0.25) is 0 Å². The van der Waals surface area contributed by atoms with Crippen LogP contribution in [0.4, 0.5) is 5.69 Å². The monoisotopic (exact) mass is 185 g/mol. The Labute approximate surface area is 82.6 Å². The van der Waals surface area contributed by atoms with Gasteiger partial charge >= 0.3 is 0 Å². The van der Waals surface area contributed by atoms with Crippen molar-refractivity contribution < 1.29 is 4.42 Å². The maximum absolute atomic E-state index is 5.09. The van der Waals surface area contributed by atoms with E-state index in [0.29, 0.717) is 6.04 Å². The molecule has 2 aromatic rings. The van der Waals surface area contributed by atoms with Crippen molar-refractivity contribution in [1.82, 2.24) is 0 Å². The zero-order chi connectivity index (χ0) is 9.38. The van der Waals surface area contributed by atoms with Gasteiger partial charge < -0.3 is 9.73 Å². The van der Waals surface area contributed by atoms with E-state index in [2.05, 4.69) is 29.6 Å². The fourth-order valence-electron chi connectivity index (χ4n) is 1.97. The number of para-hydroxylation sites is 1. The fourth-order valence-corrected chi connectivity index (χ4v) is 1.97. The third kappa shape index (κ3) is 1.11. The van der Waals surface area contributed by atoms with Gasteiger partial charge in [0, 0.05) is 11.3 Å². The van der Waals surface area contributed by atoms with Crippen molar-refractivity contribution in [1.29, 1.82) is 0 Å². The smallest absolute Gasteiger partial charge is 0.0955 e. The highest BCUT2D eigenvalue weighted by Crippen LogP contribution is 2.33. The van der Waals surface area contributed by atoms with Gasteiger partial charge in [0.2, 0.25) is 0 Å². The molecule has 1 N–H and O–H groups in total. The summed E-state index contributed by atoms with van der Waals surface area (Å²) in [6, 6.07) is 10.8. The molecule has 0 fully saturated rings. The van der Waals surface area contributed by atoms with Gasteiger partial charge in [0.15, 0.2) is 0 Å². The number of hydrogen-bond donors (Lipinski definition) is 1. The topological polar surface area (TPSA) is 25.2 Å². The second-order valence-corrected chi connectivity index (χ2v) is 3.61. The van der Waals surface area contributed by atoms with Crippen molar-refractivity contribution in [2.75, 3.05) is 5.32 Å². The van der Waals surface area contributed by atoms with Gasteiger partial charge in [0.05, 0.1) is 18.6 Å². The van der Waals surface area contributed by atoms with E-state index in [4.69, 9.17) is 4.42 Å². The molecule has 2 nitrogen and oxygen atoms in total. The minimum absolute atomic E-state index is 0.381. The number of furan rings is 1. The van der Waals surface area contributed by atoms with Gasteiger partial charge in [0.25, 0.3) is 0 Å². The molecule has 0 saturated carbocycles. The van der Waals surface area contributed by atoms with Crippen LogP contribution in [0.2, 0.25) is 0 Å². The highest BCUT2D eigenvalue weighted by atomic mass is 16.3. The zero-order valence-electron chi connectivity index (χ0n) is 7.73. The van der Waals surface area contributed by atoms with Crippen molar-refractivity contribution in [2.45, 2.75) is 12.5 Å². The second-order valence-electron chi connectivity index (χ2n) is 3.61. The minimum Gasteiger partial charge on any atom is -0.472 e. The molecule has 1 unspecified atom stereocenters. The lowest BCUT2D eigenvalue weighted by Crippen LogP contribution is -2.03. The average Bonchev–Trinajstić information content (AvgIpc) is 2.86. The highest BCUT2D eigenvalue weighted by molar-refractivity contribution is 5.57. The van der Waals surface area contributed by atoms with Crippen LogP contribution in [-0.4, -0.2) is 0 Å². The van der Waals surface area contributed by atoms with Crippen LogP contribution in [0.25, 0.3) is 0 Å². The zero-order valence-corrected chi connectivity index (χ0v) is 7.73. The van der Waals surface area contributed by atoms with Crippen molar-refractivity contribution in [3.05, 3.63) is 54.0 Å². The lowest BCUT2D eigenvalue weighted by Gasteiger charge is -2.07. The molecule has 1 aromatic carbocycles. The summed E-state index contributed by atoms with van der Waals surface area (Å²) >= 11 is 0. The second kappa shape index (κ2) is 2.91. The Morgan fingerprint density at radius 3 is 2.93 bits per heavy atom. The van der Waals surface area contributed by atoms with Gasteiger partial charge in [-0.15, -0.1) is 0 Å². The molecular weight excluding hydrogens is 174 g/mol. The van der Waals surface area contributed by atoms with Gasteiger partial charge in [-0.25, -0.2) is 0 Å². The standard InChI is InChI=1S/C12H11NO/c1-2-4-11-9(3-1)7-12(13-11)10-5-6-14-8-10/h1-6,8,12-13H,7H2. The minimum atomic E-state index is 0.381. The fraction of sp³-hybridized carbons (Fsp3) is 0.167. The van der Waals surface area contributed by atoms with Crippen molar-refractivity contribution in [2.24, 2.45) is 0 Å². The molecule has 0 saturated heterocycles. The van der Waals surface area contributed by atoms with Crippen LogP contribution in [-0.2, 0) is 6.42 Å². The molecule has 70 valence electrons. The maximum atomic E-state index is 5.09. The summed E-state index contributed by atoms with van der Waals surface area (Å²) in [5.41, 5.74) is 3.86. The quantitative estimate of drug-likeness (QED) is 0.738. The van der Waals surface area contributed by atoms with E-state index in [1.54, 1.807) is 6.26 Å². The lowest BCUT2D eigenvalue weighted by atomic mass is 10.1. The van der Waals surface area contributed by atoms with Crippen molar-refractivity contribution >= 4 is 5.69 Å². The highest BCUT2D eigenvalue weighted by Gasteiger charge is 2.21. The van der Waals surface area contributed by atoms with Gasteiger partial charge in [-0.2, -0.15) is 0 Å². The van der Waals surface area contributed by atoms with Crippen LogP contribution in [0.3, 0.4) is 0 Å². The van der Waals surface area contributed by atoms with Crippen LogP contribution in [0.5, 0.6) is 0 Å². The first-order valence-electron chi connectivity index (χ1n) is 4.80. The number of fused-ring (bicyclic) bond motifs is 1. The van der Waals surface area contributed by atoms with E-state index in [9.17, 15) is 0 Å². The molecule has 3 rings (SSSR count). The van der Waals surface area contributed by atoms with Crippen molar-refractivity contribution in [3.63, 3.8) is 0 Å². The Hall–Kier alpha value is -1.70. The largest absolute Gasteiger partial charge is 0.472 e. The summed E-state index contributed by atoms with van der Waals surface area (Å²) in [6.07, 6.45) is 4.58. The van der Waals surface area contributed by atoms with E-state index >= 15 is 0 Å². The SMILES string of the molecule is c1ccc2c(c1)CC(c1ccoc1)N2. The summed E-state index contributed by atoms with van der Waals surface area (Å²) in [7, 11) is 0. The van der Waals surface area contributed by atoms with E-state index < -0.39 is 0 Å². The van der Waals surface area contributed by atoms with Crippen molar-refractivity contribution in [3.8, 4) is 0 Å². The first-order chi connectivity index (χ1) is 6.93. The molecule has 2 heteroatoms. The van der Waals surface area contributed by atoms with Crippen LogP contribution in [0.1, 0.15) is 17.2 Å². The summed E-state index contributed by atoms with van der Waals surface area (Å²) < 4.78 is 5.09. The van der Waals surface area contributed by atoms with Gasteiger partial charge in [-0.1, -0.05) is 18.2 Å². The predicted molar refractivity (Wildman–Crippen MR) is 55.2 cm³/mol. The Balaban J connectivity index is 1.92.